The van der Waals surface area contributed by atoms with Crippen molar-refractivity contribution in [3.8, 4) is 0 Å². The van der Waals surface area contributed by atoms with Gasteiger partial charge in [-0.3, -0.25) is 4.79 Å². The first-order chi connectivity index (χ1) is 8.35. The van der Waals surface area contributed by atoms with Gasteiger partial charge in [0.2, 0.25) is 0 Å². The molecule has 0 aliphatic carbocycles. The number of hydrogen-bond donors (Lipinski definition) is 0. The van der Waals surface area contributed by atoms with E-state index >= 15 is 0 Å². The van der Waals surface area contributed by atoms with Crippen molar-refractivity contribution in [3.05, 3.63) is 12.2 Å². The van der Waals surface area contributed by atoms with Crippen LogP contribution >= 0.6 is 0 Å². The van der Waals surface area contributed by atoms with E-state index in [1.165, 1.54) is 32.1 Å². The fourth-order valence-electron chi connectivity index (χ4n) is 1.76. The van der Waals surface area contributed by atoms with Crippen LogP contribution in [0.2, 0.25) is 0 Å². The van der Waals surface area contributed by atoms with E-state index in [0.29, 0.717) is 0 Å². The lowest BCUT2D eigenvalue weighted by Gasteiger charge is -2.12. The van der Waals surface area contributed by atoms with Crippen LogP contribution in [-0.2, 0) is 14.3 Å². The van der Waals surface area contributed by atoms with Crippen molar-refractivity contribution in [2.75, 3.05) is 14.2 Å². The molecule has 0 spiro atoms. The molecule has 0 aromatic heterocycles. The minimum absolute atomic E-state index is 0.0384. The second-order valence-corrected chi connectivity index (χ2v) is 4.16. The summed E-state index contributed by atoms with van der Waals surface area (Å²) in [5.41, 5.74) is 0. The van der Waals surface area contributed by atoms with E-state index in [-0.39, 0.29) is 6.29 Å². The molecule has 0 aliphatic rings. The van der Waals surface area contributed by atoms with Crippen LogP contribution in [-0.4, -0.2) is 26.8 Å². The summed E-state index contributed by atoms with van der Waals surface area (Å²) in [5.74, 6) is 0. The highest BCUT2D eigenvalue weighted by molar-refractivity contribution is 5.64. The predicted molar refractivity (Wildman–Crippen MR) is 69.9 cm³/mol. The molecule has 0 bridgehead atoms. The van der Waals surface area contributed by atoms with Crippen LogP contribution in [0, 0.1) is 0 Å². The molecule has 0 aliphatic heterocycles. The maximum Gasteiger partial charge on any atom is 0.156 e. The summed E-state index contributed by atoms with van der Waals surface area (Å²) >= 11 is 0. The summed E-state index contributed by atoms with van der Waals surface area (Å²) in [4.78, 5) is 10.0. The molecule has 0 rings (SSSR count). The predicted octanol–water partition coefficient (Wildman–Crippen LogP) is 3.48. The fourth-order valence-corrected chi connectivity index (χ4v) is 1.76. The lowest BCUT2D eigenvalue weighted by molar-refractivity contribution is -0.107. The first kappa shape index (κ1) is 16.3. The largest absolute Gasteiger partial charge is 0.356 e. The average molecular weight is 242 g/mol. The van der Waals surface area contributed by atoms with Crippen molar-refractivity contribution in [1.29, 1.82) is 0 Å². The van der Waals surface area contributed by atoms with Gasteiger partial charge in [0.05, 0.1) is 0 Å². The van der Waals surface area contributed by atoms with Gasteiger partial charge in [0.1, 0.15) is 6.29 Å². The quantitative estimate of drug-likeness (QED) is 0.227. The highest BCUT2D eigenvalue weighted by Crippen LogP contribution is 2.11. The second-order valence-electron chi connectivity index (χ2n) is 4.16. The Morgan fingerprint density at radius 2 is 1.53 bits per heavy atom. The summed E-state index contributed by atoms with van der Waals surface area (Å²) in [5, 5.41) is 0. The zero-order chi connectivity index (χ0) is 12.8. The van der Waals surface area contributed by atoms with Crippen LogP contribution in [0.25, 0.3) is 0 Å². The summed E-state index contributed by atoms with van der Waals surface area (Å²) in [6.07, 6.45) is 13.7. The first-order valence-corrected chi connectivity index (χ1v) is 6.51. The lowest BCUT2D eigenvalue weighted by atomic mass is 10.1. The van der Waals surface area contributed by atoms with Gasteiger partial charge >= 0.3 is 0 Å². The minimum Gasteiger partial charge on any atom is -0.356 e. The second kappa shape index (κ2) is 13.4. The Balaban J connectivity index is 3.13. The summed E-state index contributed by atoms with van der Waals surface area (Å²) in [6.45, 7) is 0. The highest BCUT2D eigenvalue weighted by atomic mass is 16.7. The molecular weight excluding hydrogens is 216 g/mol. The van der Waals surface area contributed by atoms with Gasteiger partial charge in [-0.2, -0.15) is 0 Å². The number of carbonyl (C=O) groups excluding carboxylic acids is 1. The number of methoxy groups -OCH3 is 2. The van der Waals surface area contributed by atoms with E-state index in [0.717, 1.165) is 25.5 Å². The molecule has 0 atom stereocenters. The third-order valence-electron chi connectivity index (χ3n) is 2.80. The van der Waals surface area contributed by atoms with Crippen molar-refractivity contribution in [2.24, 2.45) is 0 Å². The molecule has 0 aromatic carbocycles. The van der Waals surface area contributed by atoms with E-state index in [1.54, 1.807) is 20.3 Å². The zero-order valence-electron chi connectivity index (χ0n) is 11.2. The Hall–Kier alpha value is -0.670. The number of allylic oxidation sites excluding steroid dienone is 2. The molecule has 3 nitrogen and oxygen atoms in total. The maximum absolute atomic E-state index is 10.0. The number of ether oxygens (including phenoxy) is 2. The van der Waals surface area contributed by atoms with Crippen LogP contribution in [0.15, 0.2) is 12.2 Å². The van der Waals surface area contributed by atoms with Crippen molar-refractivity contribution >= 4 is 6.29 Å². The lowest BCUT2D eigenvalue weighted by Crippen LogP contribution is -2.12. The number of carbonyl (C=O) groups is 1. The van der Waals surface area contributed by atoms with Crippen molar-refractivity contribution in [1.82, 2.24) is 0 Å². The van der Waals surface area contributed by atoms with E-state index in [9.17, 15) is 4.79 Å². The van der Waals surface area contributed by atoms with E-state index in [2.05, 4.69) is 0 Å². The monoisotopic (exact) mass is 242 g/mol. The molecule has 0 N–H and O–H groups in total. The summed E-state index contributed by atoms with van der Waals surface area (Å²) in [7, 11) is 3.36. The third kappa shape index (κ3) is 11.6. The molecule has 0 unspecified atom stereocenters. The molecule has 0 amide bonds. The van der Waals surface area contributed by atoms with Crippen LogP contribution < -0.4 is 0 Å². The number of rotatable bonds is 12. The SMILES string of the molecule is COC(CCCCCCCC/C=C/C=O)OC. The van der Waals surface area contributed by atoms with Crippen molar-refractivity contribution < 1.29 is 14.3 Å². The van der Waals surface area contributed by atoms with Crippen molar-refractivity contribution in [2.45, 2.75) is 57.7 Å². The van der Waals surface area contributed by atoms with Gasteiger partial charge in [-0.1, -0.05) is 31.8 Å². The van der Waals surface area contributed by atoms with Gasteiger partial charge < -0.3 is 9.47 Å². The summed E-state index contributed by atoms with van der Waals surface area (Å²) < 4.78 is 10.2. The Kier molecular flexibility index (Phi) is 12.9. The zero-order valence-corrected chi connectivity index (χ0v) is 11.2. The van der Waals surface area contributed by atoms with Gasteiger partial charge in [-0.15, -0.1) is 0 Å². The Labute approximate surface area is 105 Å². The van der Waals surface area contributed by atoms with Gasteiger partial charge in [0.15, 0.2) is 6.29 Å². The van der Waals surface area contributed by atoms with Crippen LogP contribution in [0.3, 0.4) is 0 Å². The van der Waals surface area contributed by atoms with E-state index in [4.69, 9.17) is 9.47 Å². The maximum atomic E-state index is 10.0. The molecule has 0 saturated carbocycles. The third-order valence-corrected chi connectivity index (χ3v) is 2.80. The Bertz CT molecular complexity index is 186. The van der Waals surface area contributed by atoms with Gasteiger partial charge in [-0.25, -0.2) is 0 Å². The standard InChI is InChI=1S/C14H26O3/c1-16-14(17-2)12-10-8-6-4-3-5-7-9-11-13-15/h9,11,13-14H,3-8,10,12H2,1-2H3/b11-9+. The van der Waals surface area contributed by atoms with Crippen LogP contribution in [0.5, 0.6) is 0 Å². The van der Waals surface area contributed by atoms with E-state index in [1.807, 2.05) is 6.08 Å². The van der Waals surface area contributed by atoms with Crippen LogP contribution in [0.1, 0.15) is 51.4 Å². The van der Waals surface area contributed by atoms with Crippen molar-refractivity contribution in [3.63, 3.8) is 0 Å². The van der Waals surface area contributed by atoms with Crippen LogP contribution in [0.4, 0.5) is 0 Å². The molecule has 3 heteroatoms. The average Bonchev–Trinajstić information content (AvgIpc) is 2.36. The molecule has 0 aromatic rings. The van der Waals surface area contributed by atoms with E-state index < -0.39 is 0 Å². The smallest absolute Gasteiger partial charge is 0.156 e. The number of hydrogen-bond acceptors (Lipinski definition) is 3. The molecule has 0 radical (unpaired) electrons. The highest BCUT2D eigenvalue weighted by Gasteiger charge is 2.03. The fraction of sp³-hybridized carbons (Fsp3) is 0.786. The van der Waals surface area contributed by atoms with Gasteiger partial charge in [0.25, 0.3) is 0 Å². The number of unbranched alkanes of at least 4 members (excludes halogenated alkanes) is 6. The Morgan fingerprint density at radius 1 is 0.941 bits per heavy atom. The Morgan fingerprint density at radius 3 is 2.12 bits per heavy atom. The molecule has 0 heterocycles. The molecule has 17 heavy (non-hydrogen) atoms. The van der Waals surface area contributed by atoms with Gasteiger partial charge in [-0.05, 0) is 31.8 Å². The molecule has 0 saturated heterocycles. The first-order valence-electron chi connectivity index (χ1n) is 6.51. The molecule has 100 valence electrons. The summed E-state index contributed by atoms with van der Waals surface area (Å²) in [6, 6.07) is 0. The molecular formula is C14H26O3. The number of aldehydes is 1. The van der Waals surface area contributed by atoms with Gasteiger partial charge in [0, 0.05) is 14.2 Å². The normalized spacial score (nSPS) is 11.5. The topological polar surface area (TPSA) is 35.5 Å². The molecule has 0 fully saturated rings. The minimum atomic E-state index is -0.0384.